The van der Waals surface area contributed by atoms with E-state index in [0.29, 0.717) is 11.6 Å². The molecule has 0 spiro atoms. The normalized spacial score (nSPS) is 13.0. The van der Waals surface area contributed by atoms with Gasteiger partial charge in [-0.3, -0.25) is 19.8 Å². The van der Waals surface area contributed by atoms with Crippen molar-refractivity contribution in [3.05, 3.63) is 59.5 Å². The molecule has 0 aliphatic carbocycles. The number of carbonyl (C=O) groups excluding carboxylic acids is 1. The molecular formula is C18H14F3N5OS. The van der Waals surface area contributed by atoms with Crippen molar-refractivity contribution in [2.24, 2.45) is 10.7 Å². The Kier molecular flexibility index (Phi) is 5.41. The zero-order chi connectivity index (χ0) is 20.3. The summed E-state index contributed by atoms with van der Waals surface area (Å²) in [4.78, 5) is 25.3. The molecule has 0 aliphatic heterocycles. The van der Waals surface area contributed by atoms with Gasteiger partial charge < -0.3 is 11.1 Å². The van der Waals surface area contributed by atoms with Gasteiger partial charge in [-0.2, -0.15) is 13.2 Å². The van der Waals surface area contributed by atoms with Crippen molar-refractivity contribution in [3.8, 4) is 10.4 Å². The first kappa shape index (κ1) is 19.5. The summed E-state index contributed by atoms with van der Waals surface area (Å²) in [5, 5.41) is 3.12. The number of fused-ring (bicyclic) bond motifs is 1. The number of rotatable bonds is 3. The fourth-order valence-corrected chi connectivity index (χ4v) is 2.93. The Balaban J connectivity index is 1.83. The number of nitrogens with one attached hydrogen (secondary N) is 1. The van der Waals surface area contributed by atoms with Crippen LogP contribution in [0, 0.1) is 0 Å². The van der Waals surface area contributed by atoms with Crippen molar-refractivity contribution in [3.63, 3.8) is 0 Å². The van der Waals surface area contributed by atoms with Gasteiger partial charge in [-0.05, 0) is 18.2 Å². The predicted molar refractivity (Wildman–Crippen MR) is 102 cm³/mol. The van der Waals surface area contributed by atoms with Crippen LogP contribution in [-0.2, 0) is 0 Å². The quantitative estimate of drug-likeness (QED) is 0.515. The van der Waals surface area contributed by atoms with E-state index in [2.05, 4.69) is 20.3 Å². The van der Waals surface area contributed by atoms with Crippen molar-refractivity contribution in [1.29, 1.82) is 0 Å². The predicted octanol–water partition coefficient (Wildman–Crippen LogP) is 3.52. The Hall–Kier alpha value is -3.27. The Morgan fingerprint density at radius 3 is 2.71 bits per heavy atom. The van der Waals surface area contributed by atoms with E-state index in [-0.39, 0.29) is 11.4 Å². The van der Waals surface area contributed by atoms with Crippen LogP contribution in [0.25, 0.3) is 21.3 Å². The highest BCUT2D eigenvalue weighted by molar-refractivity contribution is 7.13. The van der Waals surface area contributed by atoms with Gasteiger partial charge in [-0.25, -0.2) is 0 Å². The van der Waals surface area contributed by atoms with E-state index in [9.17, 15) is 18.0 Å². The van der Waals surface area contributed by atoms with E-state index in [4.69, 9.17) is 5.73 Å². The molecule has 0 saturated carbocycles. The molecule has 2 heterocycles. The highest BCUT2D eigenvalue weighted by Crippen LogP contribution is 2.26. The molecule has 0 aliphatic rings. The zero-order valence-electron chi connectivity index (χ0n) is 14.5. The number of alkyl halides is 3. The number of nitrogens with two attached hydrogens (primary N) is 1. The Labute approximate surface area is 161 Å². The molecule has 3 aromatic rings. The van der Waals surface area contributed by atoms with Crippen molar-refractivity contribution in [1.82, 2.24) is 15.3 Å². The Morgan fingerprint density at radius 1 is 1.29 bits per heavy atom. The van der Waals surface area contributed by atoms with Crippen molar-refractivity contribution in [2.45, 2.75) is 6.18 Å². The van der Waals surface area contributed by atoms with Gasteiger partial charge in [-0.1, -0.05) is 6.07 Å². The van der Waals surface area contributed by atoms with E-state index in [1.807, 2.05) is 6.07 Å². The number of aromatic nitrogens is 2. The summed E-state index contributed by atoms with van der Waals surface area (Å²) in [7, 11) is 1.25. The second-order valence-electron chi connectivity index (χ2n) is 5.66. The minimum Gasteiger partial charge on any atom is -0.395 e. The van der Waals surface area contributed by atoms with Crippen LogP contribution in [0.5, 0.6) is 0 Å². The number of allylic oxidation sites excluding steroid dienone is 1. The molecule has 3 N–H and O–H groups in total. The molecular weight excluding hydrogens is 391 g/mol. The van der Waals surface area contributed by atoms with E-state index in [1.165, 1.54) is 18.4 Å². The maximum atomic E-state index is 12.5. The lowest BCUT2D eigenvalue weighted by Gasteiger charge is -2.09. The lowest BCUT2D eigenvalue weighted by Crippen LogP contribution is -2.31. The lowest BCUT2D eigenvalue weighted by molar-refractivity contribution is -0.0925. The van der Waals surface area contributed by atoms with E-state index in [0.717, 1.165) is 15.8 Å². The van der Waals surface area contributed by atoms with Gasteiger partial charge in [0, 0.05) is 42.0 Å². The first-order chi connectivity index (χ1) is 13.3. The van der Waals surface area contributed by atoms with Crippen molar-refractivity contribution >= 4 is 34.0 Å². The lowest BCUT2D eigenvalue weighted by atomic mass is 10.1. The Bertz CT molecular complexity index is 1070. The number of thiazole rings is 1. The maximum absolute atomic E-state index is 12.5. The van der Waals surface area contributed by atoms with Crippen LogP contribution < -0.4 is 11.1 Å². The second kappa shape index (κ2) is 7.77. The van der Waals surface area contributed by atoms with Gasteiger partial charge >= 0.3 is 6.18 Å². The zero-order valence-corrected chi connectivity index (χ0v) is 15.3. The van der Waals surface area contributed by atoms with Gasteiger partial charge in [0.1, 0.15) is 11.5 Å². The van der Waals surface area contributed by atoms with Gasteiger partial charge in [0.15, 0.2) is 0 Å². The number of benzene rings is 1. The summed E-state index contributed by atoms with van der Waals surface area (Å²) >= 11 is 1.48. The van der Waals surface area contributed by atoms with E-state index < -0.39 is 17.8 Å². The third-order valence-electron chi connectivity index (χ3n) is 3.77. The molecule has 0 unspecified atom stereocenters. The molecule has 10 heteroatoms. The molecule has 1 aromatic carbocycles. The van der Waals surface area contributed by atoms with Crippen LogP contribution in [0.4, 0.5) is 13.2 Å². The summed E-state index contributed by atoms with van der Waals surface area (Å²) in [6.07, 6.45) is -0.730. The molecule has 0 atom stereocenters. The molecule has 0 saturated heterocycles. The molecule has 0 bridgehead atoms. The summed E-state index contributed by atoms with van der Waals surface area (Å²) in [6.45, 7) is 0. The van der Waals surface area contributed by atoms with Crippen LogP contribution in [0.2, 0.25) is 0 Å². The third-order valence-corrected chi connectivity index (χ3v) is 4.59. The van der Waals surface area contributed by atoms with Gasteiger partial charge in [0.25, 0.3) is 5.91 Å². The summed E-state index contributed by atoms with van der Waals surface area (Å²) in [5.41, 5.74) is 7.03. The monoisotopic (exact) mass is 405 g/mol. The molecule has 2 aromatic heterocycles. The second-order valence-corrected chi connectivity index (χ2v) is 6.54. The number of hydrogen-bond donors (Lipinski definition) is 2. The molecule has 6 nitrogen and oxygen atoms in total. The molecule has 28 heavy (non-hydrogen) atoms. The standard InChI is InChI=1S/C18H14F3N5OS/c1-23-16(6-15(22)18(19,20)21)26-17(27)11-3-2-10-4-12(7-25-13(10)5-11)14-8-24-9-28-14/h2-9H,22H2,1H3,(H,23,26,27). The largest absolute Gasteiger partial charge is 0.430 e. The minimum atomic E-state index is -4.71. The number of amides is 1. The number of pyridine rings is 1. The summed E-state index contributed by atoms with van der Waals surface area (Å²) < 4.78 is 37.6. The number of halogens is 3. The average molecular weight is 405 g/mol. The van der Waals surface area contributed by atoms with Crippen LogP contribution in [0.1, 0.15) is 10.4 Å². The van der Waals surface area contributed by atoms with Crippen molar-refractivity contribution < 1.29 is 18.0 Å². The summed E-state index contributed by atoms with van der Waals surface area (Å²) in [6, 6.07) is 6.73. The highest BCUT2D eigenvalue weighted by Gasteiger charge is 2.31. The molecule has 0 fully saturated rings. The first-order valence-corrected chi connectivity index (χ1v) is 8.77. The number of aliphatic imine (C=N–C) groups is 1. The van der Waals surface area contributed by atoms with Crippen LogP contribution in [0.3, 0.4) is 0 Å². The molecule has 1 amide bonds. The highest BCUT2D eigenvalue weighted by atomic mass is 32.1. The fourth-order valence-electron chi connectivity index (χ4n) is 2.33. The van der Waals surface area contributed by atoms with Crippen LogP contribution in [0.15, 0.2) is 58.9 Å². The number of nitrogens with zero attached hydrogens (tertiary/aromatic N) is 3. The van der Waals surface area contributed by atoms with E-state index in [1.54, 1.807) is 36.1 Å². The van der Waals surface area contributed by atoms with Gasteiger partial charge in [-0.15, -0.1) is 11.3 Å². The minimum absolute atomic E-state index is 0.227. The fraction of sp³-hybridized carbons (Fsp3) is 0.111. The average Bonchev–Trinajstić information content (AvgIpc) is 3.20. The summed E-state index contributed by atoms with van der Waals surface area (Å²) in [5.74, 6) is -0.921. The third kappa shape index (κ3) is 4.34. The number of carbonyl (C=O) groups is 1. The molecule has 144 valence electrons. The molecule has 0 radical (unpaired) electrons. The topological polar surface area (TPSA) is 93.3 Å². The van der Waals surface area contributed by atoms with Gasteiger partial charge in [0.05, 0.1) is 15.9 Å². The van der Waals surface area contributed by atoms with Gasteiger partial charge in [0.2, 0.25) is 0 Å². The maximum Gasteiger partial charge on any atom is 0.430 e. The van der Waals surface area contributed by atoms with E-state index >= 15 is 0 Å². The van der Waals surface area contributed by atoms with Crippen molar-refractivity contribution in [2.75, 3.05) is 7.05 Å². The van der Waals surface area contributed by atoms with Crippen LogP contribution in [-0.4, -0.2) is 34.9 Å². The first-order valence-electron chi connectivity index (χ1n) is 7.89. The van der Waals surface area contributed by atoms with Crippen LogP contribution >= 0.6 is 11.3 Å². The molecule has 3 rings (SSSR count). The SMILES string of the molecule is CN=C(C=C(N)C(F)(F)F)NC(=O)c1ccc2cc(-c3cncs3)cnc2c1. The smallest absolute Gasteiger partial charge is 0.395 e. The Morgan fingerprint density at radius 2 is 2.07 bits per heavy atom. The number of amidine groups is 1. The number of hydrogen-bond acceptors (Lipinski definition) is 6.